The number of hydroxylamine groups is 1. The van der Waals surface area contributed by atoms with E-state index in [1.165, 1.54) is 0 Å². The van der Waals surface area contributed by atoms with Crippen LogP contribution in [-0.4, -0.2) is 85.1 Å². The molecule has 1 amide bonds. The molecule has 208 valence electrons. The Balaban J connectivity index is 1.11. The summed E-state index contributed by atoms with van der Waals surface area (Å²) in [4.78, 5) is 46.1. The minimum atomic E-state index is -0.326. The number of anilines is 1. The number of nitrogens with zero attached hydrogens (tertiary/aromatic N) is 7. The van der Waals surface area contributed by atoms with Crippen molar-refractivity contribution >= 4 is 22.9 Å². The highest BCUT2D eigenvalue weighted by Gasteiger charge is 2.33. The molecule has 0 saturated carbocycles. The van der Waals surface area contributed by atoms with Gasteiger partial charge in [0.05, 0.1) is 12.2 Å². The second-order valence-electron chi connectivity index (χ2n) is 11.0. The largest absolute Gasteiger partial charge is 0.381 e. The van der Waals surface area contributed by atoms with Gasteiger partial charge in [0.1, 0.15) is 11.2 Å². The lowest BCUT2D eigenvalue weighted by molar-refractivity contribution is -0.134. The normalized spacial score (nSPS) is 23.5. The first kappa shape index (κ1) is 25.8. The van der Waals surface area contributed by atoms with Crippen LogP contribution in [0.3, 0.4) is 0 Å². The van der Waals surface area contributed by atoms with E-state index in [4.69, 9.17) is 14.9 Å². The number of carbonyl (C=O) groups is 1. The Hall–Kier alpha value is -3.42. The second-order valence-corrected chi connectivity index (χ2v) is 11.0. The molecule has 0 aliphatic carbocycles. The van der Waals surface area contributed by atoms with Crippen LogP contribution >= 0.6 is 0 Å². The van der Waals surface area contributed by atoms with Crippen molar-refractivity contribution < 1.29 is 14.7 Å². The molecule has 2 atom stereocenters. The zero-order chi connectivity index (χ0) is 26.9. The van der Waals surface area contributed by atoms with E-state index < -0.39 is 0 Å². The molecule has 0 bridgehead atoms. The number of amides is 1. The van der Waals surface area contributed by atoms with Crippen molar-refractivity contribution in [2.75, 3.05) is 44.3 Å². The molecular weight excluding hydrogens is 502 g/mol. The molecule has 0 spiro atoms. The maximum Gasteiger partial charge on any atom is 0.262 e. The van der Waals surface area contributed by atoms with Gasteiger partial charge in [0, 0.05) is 75.7 Å². The van der Waals surface area contributed by atoms with Crippen LogP contribution in [0.15, 0.2) is 23.4 Å². The topological polar surface area (TPSA) is 154 Å². The Morgan fingerprint density at radius 2 is 1.87 bits per heavy atom. The Kier molecular flexibility index (Phi) is 7.28. The van der Waals surface area contributed by atoms with E-state index in [1.54, 1.807) is 11.7 Å². The summed E-state index contributed by atoms with van der Waals surface area (Å²) < 4.78 is 7.41. The van der Waals surface area contributed by atoms with Gasteiger partial charge < -0.3 is 14.6 Å². The molecule has 0 radical (unpaired) electrons. The highest BCUT2D eigenvalue weighted by atomic mass is 16.5. The molecule has 3 aliphatic heterocycles. The van der Waals surface area contributed by atoms with E-state index >= 15 is 0 Å². The zero-order valence-corrected chi connectivity index (χ0v) is 22.1. The van der Waals surface area contributed by atoms with Crippen molar-refractivity contribution in [3.8, 4) is 0 Å². The molecule has 3 aromatic rings. The maximum absolute atomic E-state index is 12.9. The third-order valence-corrected chi connectivity index (χ3v) is 8.41. The number of aromatic amines is 1. The summed E-state index contributed by atoms with van der Waals surface area (Å²) in [5.41, 5.74) is 3.30. The third-order valence-electron chi connectivity index (χ3n) is 8.41. The predicted molar refractivity (Wildman–Crippen MR) is 141 cm³/mol. The van der Waals surface area contributed by atoms with Crippen molar-refractivity contribution in [2.45, 2.75) is 51.1 Å². The minimum absolute atomic E-state index is 0.109. The fourth-order valence-corrected chi connectivity index (χ4v) is 6.16. The third kappa shape index (κ3) is 5.25. The molecular formula is C26H35N9O4. The van der Waals surface area contributed by atoms with Crippen molar-refractivity contribution in [2.24, 2.45) is 11.8 Å². The number of piperidine rings is 1. The van der Waals surface area contributed by atoms with Crippen LogP contribution in [0.2, 0.25) is 0 Å². The van der Waals surface area contributed by atoms with Crippen LogP contribution in [0.4, 0.5) is 5.95 Å². The van der Waals surface area contributed by atoms with Gasteiger partial charge in [-0.05, 0) is 31.6 Å². The van der Waals surface area contributed by atoms with Gasteiger partial charge in [-0.15, -0.1) is 0 Å². The van der Waals surface area contributed by atoms with Crippen molar-refractivity contribution in [1.29, 1.82) is 0 Å². The molecule has 6 rings (SSSR count). The van der Waals surface area contributed by atoms with Crippen molar-refractivity contribution in [3.05, 3.63) is 40.3 Å². The van der Waals surface area contributed by atoms with E-state index in [0.717, 1.165) is 37.3 Å². The zero-order valence-electron chi connectivity index (χ0n) is 22.1. The number of nitrogens with one attached hydrogen (secondary N) is 2. The highest BCUT2D eigenvalue weighted by Crippen LogP contribution is 2.32. The smallest absolute Gasteiger partial charge is 0.262 e. The Morgan fingerprint density at radius 3 is 2.59 bits per heavy atom. The molecule has 0 aromatic carbocycles. The van der Waals surface area contributed by atoms with Gasteiger partial charge in [-0.25, -0.2) is 25.1 Å². The van der Waals surface area contributed by atoms with Crippen LogP contribution < -0.4 is 15.9 Å². The van der Waals surface area contributed by atoms with Gasteiger partial charge in [0.25, 0.3) is 5.56 Å². The van der Waals surface area contributed by atoms with Crippen LogP contribution in [0, 0.1) is 11.8 Å². The van der Waals surface area contributed by atoms with E-state index in [2.05, 4.69) is 36.8 Å². The van der Waals surface area contributed by atoms with E-state index in [0.29, 0.717) is 68.6 Å². The average Bonchev–Trinajstić information content (AvgIpc) is 3.57. The number of hydrogen-bond donors (Lipinski definition) is 3. The van der Waals surface area contributed by atoms with Gasteiger partial charge >= 0.3 is 0 Å². The summed E-state index contributed by atoms with van der Waals surface area (Å²) in [6.45, 7) is 7.32. The number of carbonyl (C=O) groups excluding carboxylic acids is 1. The lowest BCUT2D eigenvalue weighted by atomic mass is 9.96. The average molecular weight is 538 g/mol. The maximum atomic E-state index is 12.9. The first-order valence-corrected chi connectivity index (χ1v) is 13.8. The lowest BCUT2D eigenvalue weighted by Gasteiger charge is -2.30. The minimum Gasteiger partial charge on any atom is -0.381 e. The molecule has 13 nitrogen and oxygen atoms in total. The quantitative estimate of drug-likeness (QED) is 0.309. The molecule has 13 heteroatoms. The fraction of sp³-hybridized carbons (Fsp3) is 0.615. The van der Waals surface area contributed by atoms with Crippen LogP contribution in [0.25, 0.3) is 11.0 Å². The number of fused-ring (bicyclic) bond motifs is 1. The molecule has 3 saturated heterocycles. The number of rotatable bonds is 6. The molecule has 3 fully saturated rings. The highest BCUT2D eigenvalue weighted by molar-refractivity contribution is 5.77. The molecule has 39 heavy (non-hydrogen) atoms. The van der Waals surface area contributed by atoms with Gasteiger partial charge in [0.2, 0.25) is 11.9 Å². The predicted octanol–water partition coefficient (Wildman–Crippen LogP) is 1.22. The monoisotopic (exact) mass is 537 g/mol. The van der Waals surface area contributed by atoms with Crippen molar-refractivity contribution in [3.63, 3.8) is 0 Å². The van der Waals surface area contributed by atoms with E-state index in [-0.39, 0.29) is 29.3 Å². The summed E-state index contributed by atoms with van der Waals surface area (Å²) in [6.07, 6.45) is 8.41. The number of likely N-dealkylation sites (tertiary alicyclic amines) is 1. The van der Waals surface area contributed by atoms with Gasteiger partial charge in [-0.3, -0.25) is 19.7 Å². The van der Waals surface area contributed by atoms with Crippen LogP contribution in [0.1, 0.15) is 56.0 Å². The van der Waals surface area contributed by atoms with Crippen LogP contribution in [-0.2, 0) is 16.1 Å². The first-order valence-electron chi connectivity index (χ1n) is 13.8. The Bertz CT molecular complexity index is 1360. The van der Waals surface area contributed by atoms with Gasteiger partial charge in [0.15, 0.2) is 5.65 Å². The molecule has 3 aromatic heterocycles. The molecule has 3 aliphatic rings. The second kappa shape index (κ2) is 11.0. The van der Waals surface area contributed by atoms with E-state index in [1.807, 2.05) is 17.1 Å². The van der Waals surface area contributed by atoms with Gasteiger partial charge in [-0.2, -0.15) is 5.10 Å². The molecule has 3 N–H and O–H groups in total. The van der Waals surface area contributed by atoms with E-state index in [9.17, 15) is 9.59 Å². The van der Waals surface area contributed by atoms with Gasteiger partial charge in [-0.1, -0.05) is 6.92 Å². The van der Waals surface area contributed by atoms with Crippen molar-refractivity contribution in [1.82, 2.24) is 40.1 Å². The number of hydrogen-bond acceptors (Lipinski definition) is 10. The number of aromatic nitrogens is 6. The fourth-order valence-electron chi connectivity index (χ4n) is 6.16. The molecule has 6 heterocycles. The lowest BCUT2D eigenvalue weighted by Crippen LogP contribution is -2.40. The number of H-pyrrole nitrogens is 1. The summed E-state index contributed by atoms with van der Waals surface area (Å²) in [6, 6.07) is 0.199. The van der Waals surface area contributed by atoms with Crippen LogP contribution in [0.5, 0.6) is 0 Å². The molecule has 2 unspecified atom stereocenters. The Morgan fingerprint density at radius 1 is 1.13 bits per heavy atom. The SMILES string of the molecule is CC1CN(Cc2cnc(N3CCC(C(=O)NO)CC3)nc2)CC1c1nc2c(cnn2C2CCOCC2)c(=O)[nH]1. The summed E-state index contributed by atoms with van der Waals surface area (Å²) in [7, 11) is 0. The summed E-state index contributed by atoms with van der Waals surface area (Å²) in [5.74, 6) is 1.31. The number of ether oxygens (including phenoxy) is 1. The Labute approximate surface area is 225 Å². The summed E-state index contributed by atoms with van der Waals surface area (Å²) >= 11 is 0. The first-order chi connectivity index (χ1) is 19.0. The summed E-state index contributed by atoms with van der Waals surface area (Å²) in [5, 5.41) is 13.9. The standard InChI is InChI=1S/C26H35N9O4/c1-16-13-33(14-17-10-27-26(28-11-17)34-6-2-18(3-7-34)24(36)32-38)15-21(16)22-30-23-20(25(37)31-22)12-29-35(23)19-4-8-39-9-5-19/h10-12,16,18-19,21,38H,2-9,13-15H2,1H3,(H,32,36)(H,30,31,37).